The van der Waals surface area contributed by atoms with Gasteiger partial charge in [-0.25, -0.2) is 13.6 Å². The zero-order valence-corrected chi connectivity index (χ0v) is 36.3. The summed E-state index contributed by atoms with van der Waals surface area (Å²) in [4.78, 5) is 81.1. The number of anilines is 2. The molecule has 6 aliphatic rings. The molecular weight excluding hydrogens is 767 g/mol. The minimum atomic E-state index is -0.796. The second-order valence-corrected chi connectivity index (χ2v) is 18.9. The van der Waals surface area contributed by atoms with Crippen LogP contribution in [0.2, 0.25) is 0 Å². The van der Waals surface area contributed by atoms with Gasteiger partial charge in [-0.2, -0.15) is 0 Å². The zero-order valence-electron chi connectivity index (χ0n) is 35.4. The van der Waals surface area contributed by atoms with Crippen molar-refractivity contribution in [1.29, 1.82) is 0 Å². The van der Waals surface area contributed by atoms with Crippen LogP contribution in [0, 0.1) is 11.3 Å². The number of nitrogens with one attached hydrogen (secondary N) is 1. The van der Waals surface area contributed by atoms with Gasteiger partial charge in [0, 0.05) is 96.7 Å². The van der Waals surface area contributed by atoms with Gasteiger partial charge in [-0.05, 0) is 94.9 Å². The number of hydrogen-bond donors (Lipinski definition) is 1. The lowest BCUT2D eigenvalue weighted by Crippen LogP contribution is -2.49. The lowest BCUT2D eigenvalue weighted by atomic mass is 9.94. The number of carbonyl (C=O) groups excluding carboxylic acids is 5. The Labute approximate surface area is 354 Å². The Hall–Kier alpha value is -4.08. The highest BCUT2D eigenvalue weighted by Gasteiger charge is 2.62. The third kappa shape index (κ3) is 8.61. The molecule has 0 radical (unpaired) electrons. The van der Waals surface area contributed by atoms with E-state index in [0.29, 0.717) is 37.1 Å². The van der Waals surface area contributed by atoms with Gasteiger partial charge in [-0.15, -0.1) is 0 Å². The molecule has 4 aliphatic heterocycles. The molecule has 5 fully saturated rings. The summed E-state index contributed by atoms with van der Waals surface area (Å²) in [5.74, 6) is 1.39. The minimum absolute atomic E-state index is 0.120. The fourth-order valence-corrected chi connectivity index (χ4v) is 11.7. The van der Waals surface area contributed by atoms with Crippen molar-refractivity contribution in [2.24, 2.45) is 21.3 Å². The molecule has 4 atom stereocenters. The number of aldehydes is 1. The molecule has 2 saturated carbocycles. The van der Waals surface area contributed by atoms with Crippen molar-refractivity contribution in [2.45, 2.75) is 120 Å². The molecule has 3 saturated heterocycles. The van der Waals surface area contributed by atoms with E-state index in [4.69, 9.17) is 4.99 Å². The first-order valence-corrected chi connectivity index (χ1v) is 22.5. The van der Waals surface area contributed by atoms with E-state index in [9.17, 15) is 24.0 Å². The van der Waals surface area contributed by atoms with E-state index >= 15 is 0 Å². The normalized spacial score (nSPS) is 26.4. The van der Waals surface area contributed by atoms with Gasteiger partial charge in [0.05, 0.1) is 34.4 Å². The first kappa shape index (κ1) is 43.0. The van der Waals surface area contributed by atoms with Gasteiger partial charge in [-0.1, -0.05) is 25.5 Å². The van der Waals surface area contributed by atoms with Crippen molar-refractivity contribution in [3.05, 3.63) is 35.2 Å². The second-order valence-electron chi connectivity index (χ2n) is 17.7. The highest BCUT2D eigenvalue weighted by molar-refractivity contribution is 7.94. The minimum Gasteiger partial charge on any atom is -0.376 e. The van der Waals surface area contributed by atoms with E-state index < -0.39 is 11.5 Å². The Balaban J connectivity index is 0.929. The van der Waals surface area contributed by atoms with Gasteiger partial charge in [-0.3, -0.25) is 29.1 Å². The number of piperidine rings is 1. The van der Waals surface area contributed by atoms with Gasteiger partial charge in [0.25, 0.3) is 0 Å². The third-order valence-electron chi connectivity index (χ3n) is 13.9. The number of amides is 4. The Morgan fingerprint density at radius 1 is 1.02 bits per heavy atom. The SMILES string of the molecule is C=NC1=C(C=NC2CCN(SN3CCC4(CCCN4C(=O)CCc4cccc(N(C=O)C(C=O)CCC(=O)NC)c4N(C)C)C3)CC2)C2(CC2)C(=O)N1C1CCCC1C. The molecule has 320 valence electrons. The lowest BCUT2D eigenvalue weighted by Gasteiger charge is -2.36. The highest BCUT2D eigenvalue weighted by atomic mass is 32.2. The topological polar surface area (TPSA) is 142 Å². The molecule has 0 aromatic heterocycles. The van der Waals surface area contributed by atoms with Gasteiger partial charge in [0.2, 0.25) is 24.1 Å². The van der Waals surface area contributed by atoms with Gasteiger partial charge in [0.1, 0.15) is 12.1 Å². The Morgan fingerprint density at radius 2 is 1.80 bits per heavy atom. The monoisotopic (exact) mass is 829 g/mol. The molecule has 2 aliphatic carbocycles. The van der Waals surface area contributed by atoms with Crippen molar-refractivity contribution in [3.8, 4) is 0 Å². The molecule has 1 aromatic carbocycles. The molecule has 0 bridgehead atoms. The maximum atomic E-state index is 14.0. The van der Waals surface area contributed by atoms with Crippen LogP contribution in [0.15, 0.2) is 39.6 Å². The van der Waals surface area contributed by atoms with Crippen LogP contribution >= 0.6 is 12.1 Å². The summed E-state index contributed by atoms with van der Waals surface area (Å²) in [6.45, 7) is 10.5. The van der Waals surface area contributed by atoms with Crippen LogP contribution in [0.5, 0.6) is 0 Å². The van der Waals surface area contributed by atoms with Crippen molar-refractivity contribution >= 4 is 66.9 Å². The lowest BCUT2D eigenvalue weighted by molar-refractivity contribution is -0.135. The molecule has 4 unspecified atom stereocenters. The number of benzene rings is 1. The first-order chi connectivity index (χ1) is 28.5. The average molecular weight is 830 g/mol. The first-order valence-electron chi connectivity index (χ1n) is 21.7. The molecule has 14 nitrogen and oxygen atoms in total. The Kier molecular flexibility index (Phi) is 13.3. The average Bonchev–Trinajstić information content (AvgIpc) is 3.44. The summed E-state index contributed by atoms with van der Waals surface area (Å²) in [6.07, 6.45) is 14.4. The van der Waals surface area contributed by atoms with Crippen molar-refractivity contribution in [2.75, 3.05) is 63.7 Å². The van der Waals surface area contributed by atoms with Crippen LogP contribution in [0.3, 0.4) is 0 Å². The van der Waals surface area contributed by atoms with Crippen LogP contribution in [0.25, 0.3) is 0 Å². The van der Waals surface area contributed by atoms with Crippen LogP contribution in [0.1, 0.15) is 96.0 Å². The molecule has 2 spiro atoms. The van der Waals surface area contributed by atoms with Crippen molar-refractivity contribution < 1.29 is 24.0 Å². The number of carbonyl (C=O) groups is 5. The van der Waals surface area contributed by atoms with Crippen molar-refractivity contribution in [3.63, 3.8) is 0 Å². The van der Waals surface area contributed by atoms with Crippen LogP contribution in [0.4, 0.5) is 11.4 Å². The van der Waals surface area contributed by atoms with E-state index in [-0.39, 0.29) is 48.2 Å². The summed E-state index contributed by atoms with van der Waals surface area (Å²) in [7, 11) is 5.33. The quantitative estimate of drug-likeness (QED) is 0.135. The predicted molar refractivity (Wildman–Crippen MR) is 233 cm³/mol. The summed E-state index contributed by atoms with van der Waals surface area (Å²) < 4.78 is 4.88. The molecule has 7 rings (SSSR count). The third-order valence-corrected chi connectivity index (χ3v) is 15.1. The van der Waals surface area contributed by atoms with Crippen LogP contribution in [-0.2, 0) is 30.4 Å². The van der Waals surface area contributed by atoms with Crippen LogP contribution in [-0.4, -0.2) is 139 Å². The number of aryl methyl sites for hydroxylation is 1. The van der Waals surface area contributed by atoms with E-state index in [2.05, 4.69) is 37.5 Å². The summed E-state index contributed by atoms with van der Waals surface area (Å²) in [5.41, 5.74) is 2.67. The highest BCUT2D eigenvalue weighted by Crippen LogP contribution is 2.59. The van der Waals surface area contributed by atoms with E-state index in [0.717, 1.165) is 120 Å². The fourth-order valence-electron chi connectivity index (χ4n) is 10.5. The van der Waals surface area contributed by atoms with Gasteiger partial charge in [0.15, 0.2) is 0 Å². The largest absolute Gasteiger partial charge is 0.376 e. The molecular formula is C44H63N9O5S. The number of aliphatic imine (C=N–C) groups is 2. The number of nitrogens with zero attached hydrogens (tertiary/aromatic N) is 8. The van der Waals surface area contributed by atoms with Crippen molar-refractivity contribution in [1.82, 2.24) is 23.7 Å². The Morgan fingerprint density at radius 3 is 2.44 bits per heavy atom. The number of hydrogen-bond acceptors (Lipinski definition) is 11. The Bertz CT molecular complexity index is 1840. The van der Waals surface area contributed by atoms with E-state index in [1.165, 1.54) is 4.90 Å². The summed E-state index contributed by atoms with van der Waals surface area (Å²) in [5, 5.41) is 2.57. The smallest absolute Gasteiger partial charge is 0.239 e. The second kappa shape index (κ2) is 18.3. The molecule has 4 amide bonds. The maximum Gasteiger partial charge on any atom is 0.239 e. The van der Waals surface area contributed by atoms with E-state index in [1.54, 1.807) is 7.05 Å². The van der Waals surface area contributed by atoms with Gasteiger partial charge >= 0.3 is 0 Å². The summed E-state index contributed by atoms with van der Waals surface area (Å²) >= 11 is 1.82. The fraction of sp³-hybridized carbons (Fsp3) is 0.659. The summed E-state index contributed by atoms with van der Waals surface area (Å²) in [6, 6.07) is 5.27. The number of rotatable bonds is 17. The number of para-hydroxylation sites is 1. The molecule has 15 heteroatoms. The molecule has 1 aromatic rings. The predicted octanol–water partition coefficient (Wildman–Crippen LogP) is 4.63. The van der Waals surface area contributed by atoms with E-state index in [1.807, 2.05) is 60.4 Å². The zero-order chi connectivity index (χ0) is 41.9. The maximum absolute atomic E-state index is 14.0. The number of likely N-dealkylation sites (tertiary alicyclic amines) is 1. The van der Waals surface area contributed by atoms with Gasteiger partial charge < -0.3 is 24.8 Å². The molecule has 4 heterocycles. The standard InChI is InChI=1S/C44H63N9O5S/c1-31-9-6-11-36(31)53-41(46-3)35(44(20-21-44)42(53)58)27-47-33-17-24-49(25-18-33)59-50-26-22-43(29-50)19-8-23-52(43)39(57)16-13-32-10-7-12-37(40(32)48(4)5)51(30-55)34(28-54)14-15-38(56)45-2/h7,10,12,27-28,30-31,33-34,36H,3,6,8-9,11,13-26,29H2,1-2,4-5H3,(H,45,56). The van der Waals surface area contributed by atoms with Crippen LogP contribution < -0.4 is 15.1 Å². The molecule has 59 heavy (non-hydrogen) atoms. The molecule has 1 N–H and O–H groups in total.